The lowest BCUT2D eigenvalue weighted by Gasteiger charge is -2.10. The molecule has 0 aliphatic carbocycles. The van der Waals surface area contributed by atoms with Gasteiger partial charge in [-0.05, 0) is 46.3 Å². The fraction of sp³-hybridized carbons (Fsp3) is 0. The first-order valence-electron chi connectivity index (χ1n) is 4.59. The zero-order chi connectivity index (χ0) is 11.5. The predicted octanol–water partition coefficient (Wildman–Crippen LogP) is 3.82. The van der Waals surface area contributed by atoms with Crippen LogP contribution in [0.25, 0.3) is 0 Å². The third kappa shape index (κ3) is 2.46. The van der Waals surface area contributed by atoms with E-state index in [0.29, 0.717) is 10.8 Å². The van der Waals surface area contributed by atoms with Crippen LogP contribution >= 0.6 is 27.5 Å². The number of aromatic nitrogens is 1. The molecular weight excluding hydrogens is 289 g/mol. The first-order valence-corrected chi connectivity index (χ1v) is 5.76. The zero-order valence-corrected chi connectivity index (χ0v) is 10.6. The molecule has 0 unspecified atom stereocenters. The fourth-order valence-electron chi connectivity index (χ4n) is 1.26. The molecule has 2 aromatic rings. The molecule has 1 aromatic heterocycles. The normalized spacial score (nSPS) is 10.1. The average Bonchev–Trinajstić information content (AvgIpc) is 2.25. The van der Waals surface area contributed by atoms with Crippen LogP contribution in [0.5, 0.6) is 0 Å². The Kier molecular flexibility index (Phi) is 3.31. The van der Waals surface area contributed by atoms with Gasteiger partial charge in [0.25, 0.3) is 0 Å². The van der Waals surface area contributed by atoms with Crippen LogP contribution in [0.15, 0.2) is 41.0 Å². The van der Waals surface area contributed by atoms with Crippen LogP contribution in [0, 0.1) is 0 Å². The molecule has 0 atom stereocenters. The lowest BCUT2D eigenvalue weighted by Crippen LogP contribution is -1.98. The number of halogens is 2. The van der Waals surface area contributed by atoms with E-state index < -0.39 is 0 Å². The minimum Gasteiger partial charge on any atom is -0.382 e. The Bertz CT molecular complexity index is 516. The minimum absolute atomic E-state index is 0.462. The highest BCUT2D eigenvalue weighted by Gasteiger charge is 2.03. The van der Waals surface area contributed by atoms with Crippen molar-refractivity contribution < 1.29 is 0 Å². The molecule has 0 radical (unpaired) electrons. The van der Waals surface area contributed by atoms with E-state index in [0.717, 1.165) is 15.8 Å². The van der Waals surface area contributed by atoms with Crippen molar-refractivity contribution in [2.24, 2.45) is 0 Å². The van der Waals surface area contributed by atoms with Gasteiger partial charge < -0.3 is 11.1 Å². The average molecular weight is 299 g/mol. The van der Waals surface area contributed by atoms with Crippen LogP contribution in [-0.2, 0) is 0 Å². The van der Waals surface area contributed by atoms with E-state index in [1.165, 1.54) is 0 Å². The van der Waals surface area contributed by atoms with Gasteiger partial charge in [-0.2, -0.15) is 0 Å². The van der Waals surface area contributed by atoms with E-state index >= 15 is 0 Å². The molecule has 1 heterocycles. The number of nitrogen functional groups attached to an aromatic ring is 1. The fourth-order valence-corrected chi connectivity index (χ4v) is 2.04. The first-order chi connectivity index (χ1) is 7.66. The molecule has 0 spiro atoms. The molecular formula is C11H9BrClN3. The van der Waals surface area contributed by atoms with Gasteiger partial charge in [0.2, 0.25) is 0 Å². The third-order valence-corrected chi connectivity index (χ3v) is 2.93. The summed E-state index contributed by atoms with van der Waals surface area (Å²) < 4.78 is 0.878. The second-order valence-corrected chi connectivity index (χ2v) is 4.48. The third-order valence-electron chi connectivity index (χ3n) is 2.04. The number of nitrogens with zero attached hydrogens (tertiary/aromatic N) is 1. The van der Waals surface area contributed by atoms with Crippen molar-refractivity contribution >= 4 is 44.7 Å². The number of hydrogen-bond acceptors (Lipinski definition) is 3. The van der Waals surface area contributed by atoms with Gasteiger partial charge in [0, 0.05) is 15.7 Å². The SMILES string of the molecule is Nc1ncccc1Nc1ccc(Cl)cc1Br. The minimum atomic E-state index is 0.462. The molecule has 3 N–H and O–H groups in total. The Balaban J connectivity index is 2.31. The van der Waals surface area contributed by atoms with Crippen LogP contribution in [0.4, 0.5) is 17.2 Å². The second-order valence-electron chi connectivity index (χ2n) is 3.19. The molecule has 1 aromatic carbocycles. The lowest BCUT2D eigenvalue weighted by atomic mass is 10.3. The standard InChI is InChI=1S/C11H9BrClN3/c12-8-6-7(13)3-4-9(8)16-10-2-1-5-15-11(10)14/h1-6,16H,(H2,14,15). The Morgan fingerprint density at radius 3 is 2.75 bits per heavy atom. The lowest BCUT2D eigenvalue weighted by molar-refractivity contribution is 1.33. The summed E-state index contributed by atoms with van der Waals surface area (Å²) >= 11 is 9.28. The number of hydrogen-bond donors (Lipinski definition) is 2. The topological polar surface area (TPSA) is 50.9 Å². The molecule has 3 nitrogen and oxygen atoms in total. The number of rotatable bonds is 2. The van der Waals surface area contributed by atoms with Crippen molar-refractivity contribution in [3.8, 4) is 0 Å². The zero-order valence-electron chi connectivity index (χ0n) is 8.24. The van der Waals surface area contributed by atoms with Crippen LogP contribution < -0.4 is 11.1 Å². The van der Waals surface area contributed by atoms with Crippen LogP contribution in [-0.4, -0.2) is 4.98 Å². The quantitative estimate of drug-likeness (QED) is 0.886. The first kappa shape index (κ1) is 11.2. The van der Waals surface area contributed by atoms with Crippen molar-refractivity contribution in [3.63, 3.8) is 0 Å². The highest BCUT2D eigenvalue weighted by Crippen LogP contribution is 2.29. The van der Waals surface area contributed by atoms with E-state index in [4.69, 9.17) is 17.3 Å². The van der Waals surface area contributed by atoms with E-state index in [1.54, 1.807) is 12.3 Å². The Morgan fingerprint density at radius 2 is 2.06 bits per heavy atom. The van der Waals surface area contributed by atoms with Crippen LogP contribution in [0.2, 0.25) is 5.02 Å². The number of anilines is 3. The Hall–Kier alpha value is -1.26. The predicted molar refractivity (Wildman–Crippen MR) is 71.1 cm³/mol. The molecule has 0 fully saturated rings. The van der Waals surface area contributed by atoms with E-state index in [9.17, 15) is 0 Å². The number of benzene rings is 1. The van der Waals surface area contributed by atoms with Gasteiger partial charge in [-0.15, -0.1) is 0 Å². The van der Waals surface area contributed by atoms with E-state index in [1.807, 2.05) is 24.3 Å². The summed E-state index contributed by atoms with van der Waals surface area (Å²) in [5.74, 6) is 0.462. The van der Waals surface area contributed by atoms with Gasteiger partial charge in [-0.25, -0.2) is 4.98 Å². The molecule has 16 heavy (non-hydrogen) atoms. The van der Waals surface area contributed by atoms with Crippen molar-refractivity contribution in [1.29, 1.82) is 0 Å². The molecule has 2 rings (SSSR count). The molecule has 0 amide bonds. The van der Waals surface area contributed by atoms with Gasteiger partial charge in [-0.3, -0.25) is 0 Å². The number of nitrogens with two attached hydrogens (primary N) is 1. The molecule has 82 valence electrons. The summed E-state index contributed by atoms with van der Waals surface area (Å²) in [7, 11) is 0. The summed E-state index contributed by atoms with van der Waals surface area (Å²) in [5.41, 5.74) is 7.40. The number of nitrogens with one attached hydrogen (secondary N) is 1. The second kappa shape index (κ2) is 4.72. The molecule has 5 heteroatoms. The van der Waals surface area contributed by atoms with Gasteiger partial charge in [-0.1, -0.05) is 11.6 Å². The molecule has 0 aliphatic rings. The maximum Gasteiger partial charge on any atom is 0.147 e. The van der Waals surface area contributed by atoms with E-state index in [2.05, 4.69) is 26.2 Å². The van der Waals surface area contributed by atoms with Crippen LogP contribution in [0.1, 0.15) is 0 Å². The summed E-state index contributed by atoms with van der Waals surface area (Å²) in [6.45, 7) is 0. The largest absolute Gasteiger partial charge is 0.382 e. The van der Waals surface area contributed by atoms with E-state index in [-0.39, 0.29) is 0 Å². The summed E-state index contributed by atoms with van der Waals surface area (Å²) in [6.07, 6.45) is 1.65. The van der Waals surface area contributed by atoms with Gasteiger partial charge in [0.15, 0.2) is 0 Å². The summed E-state index contributed by atoms with van der Waals surface area (Å²) in [5, 5.41) is 3.85. The van der Waals surface area contributed by atoms with Gasteiger partial charge in [0.1, 0.15) is 5.82 Å². The van der Waals surface area contributed by atoms with Crippen molar-refractivity contribution in [1.82, 2.24) is 4.98 Å². The Morgan fingerprint density at radius 1 is 1.25 bits per heavy atom. The van der Waals surface area contributed by atoms with Crippen molar-refractivity contribution in [2.75, 3.05) is 11.1 Å². The van der Waals surface area contributed by atoms with Crippen LogP contribution in [0.3, 0.4) is 0 Å². The monoisotopic (exact) mass is 297 g/mol. The molecule has 0 saturated heterocycles. The van der Waals surface area contributed by atoms with Crippen molar-refractivity contribution in [3.05, 3.63) is 46.0 Å². The summed E-state index contributed by atoms with van der Waals surface area (Å²) in [4.78, 5) is 4.00. The van der Waals surface area contributed by atoms with Crippen molar-refractivity contribution in [2.45, 2.75) is 0 Å². The van der Waals surface area contributed by atoms with Gasteiger partial charge in [0.05, 0.1) is 11.4 Å². The highest BCUT2D eigenvalue weighted by molar-refractivity contribution is 9.10. The number of pyridine rings is 1. The maximum absolute atomic E-state index is 5.86. The highest BCUT2D eigenvalue weighted by atomic mass is 79.9. The summed E-state index contributed by atoms with van der Waals surface area (Å²) in [6, 6.07) is 9.18. The molecule has 0 aliphatic heterocycles. The smallest absolute Gasteiger partial charge is 0.147 e. The molecule has 0 saturated carbocycles. The van der Waals surface area contributed by atoms with Gasteiger partial charge >= 0.3 is 0 Å². The molecule has 0 bridgehead atoms. The maximum atomic E-state index is 5.86. The Labute approximate surface area is 107 Å².